The number of rotatable bonds is 5. The molecule has 1 aliphatic rings. The van der Waals surface area contributed by atoms with E-state index in [0.29, 0.717) is 13.0 Å². The van der Waals surface area contributed by atoms with Crippen molar-refractivity contribution >= 4 is 5.97 Å². The van der Waals surface area contributed by atoms with Crippen LogP contribution in [0.3, 0.4) is 0 Å². The lowest BCUT2D eigenvalue weighted by Crippen LogP contribution is -2.43. The average molecular weight is 201 g/mol. The minimum absolute atomic E-state index is 0.362. The summed E-state index contributed by atoms with van der Waals surface area (Å²) in [6.07, 6.45) is 3.77. The molecule has 14 heavy (non-hydrogen) atoms. The summed E-state index contributed by atoms with van der Waals surface area (Å²) in [6, 6.07) is 0. The van der Waals surface area contributed by atoms with Gasteiger partial charge >= 0.3 is 5.97 Å². The zero-order valence-electron chi connectivity index (χ0n) is 8.66. The molecule has 1 aliphatic carbocycles. The van der Waals surface area contributed by atoms with E-state index in [1.54, 1.807) is 0 Å². The fourth-order valence-electron chi connectivity index (χ4n) is 2.00. The molecular formula is C10H19NO3. The van der Waals surface area contributed by atoms with E-state index in [2.05, 4.69) is 0 Å². The molecule has 82 valence electrons. The van der Waals surface area contributed by atoms with Crippen LogP contribution in [0.25, 0.3) is 0 Å². The van der Waals surface area contributed by atoms with E-state index in [-0.39, 0.29) is 5.60 Å². The number of aliphatic carboxylic acids is 1. The molecule has 0 bridgehead atoms. The Kier molecular flexibility index (Phi) is 3.89. The molecule has 1 fully saturated rings. The lowest BCUT2D eigenvalue weighted by molar-refractivity contribution is -0.163. The zero-order valence-corrected chi connectivity index (χ0v) is 8.66. The van der Waals surface area contributed by atoms with Crippen molar-refractivity contribution in [1.82, 2.24) is 0 Å². The van der Waals surface area contributed by atoms with Gasteiger partial charge in [0.15, 0.2) is 6.10 Å². The number of ether oxygens (including phenoxy) is 1. The van der Waals surface area contributed by atoms with Gasteiger partial charge in [0.25, 0.3) is 0 Å². The second-order valence-corrected chi connectivity index (χ2v) is 3.95. The van der Waals surface area contributed by atoms with Crippen molar-refractivity contribution < 1.29 is 14.6 Å². The Morgan fingerprint density at radius 1 is 1.57 bits per heavy atom. The minimum atomic E-state index is -0.882. The number of carbonyl (C=O) groups is 1. The van der Waals surface area contributed by atoms with Gasteiger partial charge in [0.05, 0.1) is 5.60 Å². The lowest BCUT2D eigenvalue weighted by atomic mass is 10.0. The Balaban J connectivity index is 2.58. The van der Waals surface area contributed by atoms with Crippen molar-refractivity contribution in [2.75, 3.05) is 6.54 Å². The van der Waals surface area contributed by atoms with Crippen LogP contribution in [-0.2, 0) is 9.53 Å². The summed E-state index contributed by atoms with van der Waals surface area (Å²) in [5, 5.41) is 8.88. The number of hydrogen-bond donors (Lipinski definition) is 2. The van der Waals surface area contributed by atoms with Gasteiger partial charge in [0.1, 0.15) is 0 Å². The van der Waals surface area contributed by atoms with Crippen LogP contribution in [-0.4, -0.2) is 29.3 Å². The van der Waals surface area contributed by atoms with Gasteiger partial charge < -0.3 is 15.6 Å². The van der Waals surface area contributed by atoms with Crippen LogP contribution < -0.4 is 5.73 Å². The number of nitrogens with two attached hydrogens (primary N) is 1. The lowest BCUT2D eigenvalue weighted by Gasteiger charge is -2.30. The zero-order chi connectivity index (χ0) is 10.6. The molecule has 0 aliphatic heterocycles. The summed E-state index contributed by atoms with van der Waals surface area (Å²) in [6.45, 7) is 2.24. The Morgan fingerprint density at radius 3 is 2.50 bits per heavy atom. The first-order valence-corrected chi connectivity index (χ1v) is 5.24. The average Bonchev–Trinajstić information content (AvgIpc) is 2.63. The molecule has 0 spiro atoms. The van der Waals surface area contributed by atoms with E-state index < -0.39 is 12.1 Å². The summed E-state index contributed by atoms with van der Waals surface area (Å²) in [5.41, 5.74) is 5.29. The maximum Gasteiger partial charge on any atom is 0.332 e. The summed E-state index contributed by atoms with van der Waals surface area (Å²) in [4.78, 5) is 10.8. The highest BCUT2D eigenvalue weighted by Gasteiger charge is 2.37. The fourth-order valence-corrected chi connectivity index (χ4v) is 2.00. The summed E-state index contributed by atoms with van der Waals surface area (Å²) >= 11 is 0. The van der Waals surface area contributed by atoms with Gasteiger partial charge in [-0.1, -0.05) is 19.8 Å². The van der Waals surface area contributed by atoms with Crippen LogP contribution in [0.4, 0.5) is 0 Å². The summed E-state index contributed by atoms with van der Waals surface area (Å²) < 4.78 is 5.63. The predicted molar refractivity (Wildman–Crippen MR) is 53.1 cm³/mol. The SMILES string of the molecule is CCC(OC1(CN)CCCC1)C(=O)O. The van der Waals surface area contributed by atoms with Crippen molar-refractivity contribution in [2.45, 2.75) is 50.7 Å². The Labute approximate surface area is 84.4 Å². The number of carboxylic acid groups (broad SMARTS) is 1. The topological polar surface area (TPSA) is 72.5 Å². The number of carboxylic acids is 1. The maximum absolute atomic E-state index is 10.8. The molecule has 0 saturated heterocycles. The third kappa shape index (κ3) is 2.45. The van der Waals surface area contributed by atoms with Gasteiger partial charge in [0.2, 0.25) is 0 Å². The molecule has 1 rings (SSSR count). The largest absolute Gasteiger partial charge is 0.479 e. The summed E-state index contributed by atoms with van der Waals surface area (Å²) in [5.74, 6) is -0.882. The van der Waals surface area contributed by atoms with Crippen molar-refractivity contribution in [3.05, 3.63) is 0 Å². The molecule has 1 unspecified atom stereocenters. The predicted octanol–water partition coefficient (Wildman–Crippen LogP) is 1.14. The van der Waals surface area contributed by atoms with Crippen LogP contribution in [0.1, 0.15) is 39.0 Å². The van der Waals surface area contributed by atoms with Crippen molar-refractivity contribution in [1.29, 1.82) is 0 Å². The minimum Gasteiger partial charge on any atom is -0.479 e. The Hall–Kier alpha value is -0.610. The van der Waals surface area contributed by atoms with Crippen molar-refractivity contribution in [3.8, 4) is 0 Å². The highest BCUT2D eigenvalue weighted by Crippen LogP contribution is 2.33. The molecule has 0 heterocycles. The van der Waals surface area contributed by atoms with E-state index in [4.69, 9.17) is 15.6 Å². The molecule has 4 heteroatoms. The smallest absolute Gasteiger partial charge is 0.332 e. The molecule has 0 aromatic rings. The molecule has 0 amide bonds. The van der Waals surface area contributed by atoms with Crippen LogP contribution in [0.15, 0.2) is 0 Å². The molecule has 3 N–H and O–H groups in total. The highest BCUT2D eigenvalue weighted by molar-refractivity contribution is 5.72. The van der Waals surface area contributed by atoms with Crippen LogP contribution in [0.2, 0.25) is 0 Å². The van der Waals surface area contributed by atoms with Gasteiger partial charge in [-0.15, -0.1) is 0 Å². The molecule has 0 radical (unpaired) electrons. The first kappa shape index (κ1) is 11.5. The van der Waals surface area contributed by atoms with Gasteiger partial charge in [-0.3, -0.25) is 0 Å². The van der Waals surface area contributed by atoms with Crippen molar-refractivity contribution in [3.63, 3.8) is 0 Å². The standard InChI is InChI=1S/C10H19NO3/c1-2-8(9(12)13)14-10(7-11)5-3-4-6-10/h8H,2-7,11H2,1H3,(H,12,13). The van der Waals surface area contributed by atoms with E-state index in [1.807, 2.05) is 6.92 Å². The van der Waals surface area contributed by atoms with Gasteiger partial charge in [-0.25, -0.2) is 4.79 Å². The molecule has 1 saturated carbocycles. The van der Waals surface area contributed by atoms with E-state index in [1.165, 1.54) is 0 Å². The second-order valence-electron chi connectivity index (χ2n) is 3.95. The quantitative estimate of drug-likeness (QED) is 0.699. The number of hydrogen-bond acceptors (Lipinski definition) is 3. The Morgan fingerprint density at radius 2 is 2.14 bits per heavy atom. The van der Waals surface area contributed by atoms with Crippen molar-refractivity contribution in [2.24, 2.45) is 5.73 Å². The molecular weight excluding hydrogens is 182 g/mol. The second kappa shape index (κ2) is 4.75. The van der Waals surface area contributed by atoms with Gasteiger partial charge in [-0.05, 0) is 19.3 Å². The fraction of sp³-hybridized carbons (Fsp3) is 0.900. The molecule has 4 nitrogen and oxygen atoms in total. The van der Waals surface area contributed by atoms with E-state index in [0.717, 1.165) is 25.7 Å². The van der Waals surface area contributed by atoms with Crippen LogP contribution in [0, 0.1) is 0 Å². The highest BCUT2D eigenvalue weighted by atomic mass is 16.5. The molecule has 0 aromatic carbocycles. The normalized spacial score (nSPS) is 22.1. The summed E-state index contributed by atoms with van der Waals surface area (Å²) in [7, 11) is 0. The molecule has 1 atom stereocenters. The third-order valence-electron chi connectivity index (χ3n) is 2.93. The van der Waals surface area contributed by atoms with Gasteiger partial charge in [0, 0.05) is 6.54 Å². The Bertz CT molecular complexity index is 200. The third-order valence-corrected chi connectivity index (χ3v) is 2.93. The maximum atomic E-state index is 10.8. The first-order valence-electron chi connectivity index (χ1n) is 5.24. The van der Waals surface area contributed by atoms with E-state index in [9.17, 15) is 4.79 Å². The van der Waals surface area contributed by atoms with Crippen LogP contribution in [0.5, 0.6) is 0 Å². The van der Waals surface area contributed by atoms with Crippen LogP contribution >= 0.6 is 0 Å². The van der Waals surface area contributed by atoms with Gasteiger partial charge in [-0.2, -0.15) is 0 Å². The first-order chi connectivity index (χ1) is 6.63. The monoisotopic (exact) mass is 201 g/mol. The van der Waals surface area contributed by atoms with E-state index >= 15 is 0 Å². The molecule has 0 aromatic heterocycles.